The lowest BCUT2D eigenvalue weighted by Gasteiger charge is -2.24. The van der Waals surface area contributed by atoms with Crippen molar-refractivity contribution in [2.75, 3.05) is 17.3 Å². The van der Waals surface area contributed by atoms with Gasteiger partial charge in [-0.15, -0.1) is 0 Å². The van der Waals surface area contributed by atoms with Crippen LogP contribution in [0, 0.1) is 0 Å². The molecule has 21 heavy (non-hydrogen) atoms. The van der Waals surface area contributed by atoms with Gasteiger partial charge in [-0.3, -0.25) is 0 Å². The van der Waals surface area contributed by atoms with Crippen molar-refractivity contribution in [3.05, 3.63) is 34.3 Å². The lowest BCUT2D eigenvalue weighted by Crippen LogP contribution is -2.26. The Hall–Kier alpha value is -1.62. The van der Waals surface area contributed by atoms with E-state index in [-0.39, 0.29) is 0 Å². The van der Waals surface area contributed by atoms with Gasteiger partial charge in [0, 0.05) is 32.1 Å². The highest BCUT2D eigenvalue weighted by molar-refractivity contribution is 7.07. The van der Waals surface area contributed by atoms with Crippen LogP contribution in [-0.2, 0) is 13.0 Å². The first-order valence-corrected chi connectivity index (χ1v) is 8.58. The van der Waals surface area contributed by atoms with E-state index in [1.165, 1.54) is 18.4 Å². The van der Waals surface area contributed by atoms with Crippen molar-refractivity contribution in [1.29, 1.82) is 0 Å². The Labute approximate surface area is 130 Å². The largest absolute Gasteiger partial charge is 0.373 e. The zero-order chi connectivity index (χ0) is 14.7. The fraction of sp³-hybridized carbons (Fsp3) is 0.500. The summed E-state index contributed by atoms with van der Waals surface area (Å²) in [5, 5.41) is 7.53. The standard InChI is InChI=1S/C16H22N4S/c1-3-4-14-18-15(17-2)9-16(19-14)20(13-5-6-13)10-12-7-8-21-11-12/h7-9,11,13H,3-6,10H2,1-2H3,(H,17,18,19). The molecule has 0 spiro atoms. The average molecular weight is 302 g/mol. The van der Waals surface area contributed by atoms with Gasteiger partial charge in [-0.2, -0.15) is 11.3 Å². The summed E-state index contributed by atoms with van der Waals surface area (Å²) in [4.78, 5) is 11.8. The van der Waals surface area contributed by atoms with Crippen LogP contribution >= 0.6 is 11.3 Å². The second-order valence-corrected chi connectivity index (χ2v) is 6.30. The predicted molar refractivity (Wildman–Crippen MR) is 89.1 cm³/mol. The van der Waals surface area contributed by atoms with Crippen LogP contribution in [0.15, 0.2) is 22.9 Å². The van der Waals surface area contributed by atoms with Crippen LogP contribution in [0.4, 0.5) is 11.6 Å². The Balaban J connectivity index is 1.88. The zero-order valence-corrected chi connectivity index (χ0v) is 13.5. The van der Waals surface area contributed by atoms with Crippen LogP contribution in [0.1, 0.15) is 37.6 Å². The Morgan fingerprint density at radius 1 is 1.38 bits per heavy atom. The molecule has 2 aromatic heterocycles. The molecule has 0 saturated heterocycles. The summed E-state index contributed by atoms with van der Waals surface area (Å²) in [5.41, 5.74) is 1.37. The monoisotopic (exact) mass is 302 g/mol. The number of hydrogen-bond acceptors (Lipinski definition) is 5. The minimum Gasteiger partial charge on any atom is -0.373 e. The highest BCUT2D eigenvalue weighted by Gasteiger charge is 2.30. The van der Waals surface area contributed by atoms with E-state index in [2.05, 4.69) is 45.0 Å². The molecule has 0 amide bonds. The molecule has 0 aromatic carbocycles. The maximum Gasteiger partial charge on any atom is 0.134 e. The second kappa shape index (κ2) is 6.43. The number of rotatable bonds is 7. The molecule has 0 aliphatic heterocycles. The molecule has 3 rings (SSSR count). The first-order chi connectivity index (χ1) is 10.3. The molecular weight excluding hydrogens is 280 g/mol. The molecule has 5 heteroatoms. The quantitative estimate of drug-likeness (QED) is 0.846. The number of nitrogens with zero attached hydrogens (tertiary/aromatic N) is 3. The molecule has 2 aromatic rings. The van der Waals surface area contributed by atoms with Gasteiger partial charge in [0.15, 0.2) is 0 Å². The van der Waals surface area contributed by atoms with Gasteiger partial charge in [-0.1, -0.05) is 6.92 Å². The highest BCUT2D eigenvalue weighted by Crippen LogP contribution is 2.33. The average Bonchev–Trinajstić information content (AvgIpc) is 3.21. The van der Waals surface area contributed by atoms with Crippen LogP contribution in [-0.4, -0.2) is 23.1 Å². The summed E-state index contributed by atoms with van der Waals surface area (Å²) in [6.45, 7) is 3.11. The van der Waals surface area contributed by atoms with Gasteiger partial charge in [-0.25, -0.2) is 9.97 Å². The molecule has 0 atom stereocenters. The second-order valence-electron chi connectivity index (χ2n) is 5.52. The van der Waals surface area contributed by atoms with Gasteiger partial charge in [0.05, 0.1) is 0 Å². The summed E-state index contributed by atoms with van der Waals surface area (Å²) in [6, 6.07) is 4.91. The molecular formula is C16H22N4S. The molecule has 1 N–H and O–H groups in total. The number of aromatic nitrogens is 2. The maximum atomic E-state index is 4.79. The van der Waals surface area contributed by atoms with Crippen molar-refractivity contribution in [3.8, 4) is 0 Å². The number of anilines is 2. The van der Waals surface area contributed by atoms with E-state index < -0.39 is 0 Å². The summed E-state index contributed by atoms with van der Waals surface area (Å²) in [7, 11) is 1.92. The third kappa shape index (κ3) is 3.53. The molecule has 112 valence electrons. The number of aryl methyl sites for hydroxylation is 1. The minimum atomic E-state index is 0.638. The number of nitrogens with one attached hydrogen (secondary N) is 1. The van der Waals surface area contributed by atoms with Crippen LogP contribution in [0.5, 0.6) is 0 Å². The van der Waals surface area contributed by atoms with Crippen LogP contribution < -0.4 is 10.2 Å². The van der Waals surface area contributed by atoms with Crippen LogP contribution in [0.25, 0.3) is 0 Å². The molecule has 1 aliphatic rings. The SMILES string of the molecule is CCCc1nc(NC)cc(N(Cc2ccsc2)C2CC2)n1. The maximum absolute atomic E-state index is 4.79. The molecule has 0 radical (unpaired) electrons. The Morgan fingerprint density at radius 3 is 2.86 bits per heavy atom. The van der Waals surface area contributed by atoms with Crippen molar-refractivity contribution in [1.82, 2.24) is 9.97 Å². The molecule has 1 fully saturated rings. The molecule has 2 heterocycles. The third-order valence-corrected chi connectivity index (χ3v) is 4.44. The van der Waals surface area contributed by atoms with Crippen molar-refractivity contribution >= 4 is 23.0 Å². The number of hydrogen-bond donors (Lipinski definition) is 1. The zero-order valence-electron chi connectivity index (χ0n) is 12.7. The van der Waals surface area contributed by atoms with E-state index in [9.17, 15) is 0 Å². The van der Waals surface area contributed by atoms with E-state index in [0.717, 1.165) is 36.8 Å². The normalized spacial score (nSPS) is 14.2. The Bertz CT molecular complexity index is 578. The summed E-state index contributed by atoms with van der Waals surface area (Å²) >= 11 is 1.76. The Morgan fingerprint density at radius 2 is 2.24 bits per heavy atom. The van der Waals surface area contributed by atoms with Crippen molar-refractivity contribution in [2.24, 2.45) is 0 Å². The topological polar surface area (TPSA) is 41.1 Å². The van der Waals surface area contributed by atoms with Crippen LogP contribution in [0.2, 0.25) is 0 Å². The first-order valence-electron chi connectivity index (χ1n) is 7.63. The van der Waals surface area contributed by atoms with Gasteiger partial charge >= 0.3 is 0 Å². The molecule has 1 saturated carbocycles. The van der Waals surface area contributed by atoms with Gasteiger partial charge in [-0.05, 0) is 41.7 Å². The first kappa shape index (κ1) is 14.3. The van der Waals surface area contributed by atoms with Gasteiger partial charge in [0.2, 0.25) is 0 Å². The number of thiophene rings is 1. The van der Waals surface area contributed by atoms with E-state index >= 15 is 0 Å². The van der Waals surface area contributed by atoms with Gasteiger partial charge in [0.25, 0.3) is 0 Å². The van der Waals surface area contributed by atoms with Crippen molar-refractivity contribution < 1.29 is 0 Å². The lowest BCUT2D eigenvalue weighted by atomic mass is 10.3. The van der Waals surface area contributed by atoms with E-state index in [1.54, 1.807) is 11.3 Å². The lowest BCUT2D eigenvalue weighted by molar-refractivity contribution is 0.758. The molecule has 0 bridgehead atoms. The summed E-state index contributed by atoms with van der Waals surface area (Å²) < 4.78 is 0. The van der Waals surface area contributed by atoms with Gasteiger partial charge < -0.3 is 10.2 Å². The third-order valence-electron chi connectivity index (χ3n) is 3.70. The van der Waals surface area contributed by atoms with E-state index in [0.29, 0.717) is 6.04 Å². The highest BCUT2D eigenvalue weighted by atomic mass is 32.1. The molecule has 0 unspecified atom stereocenters. The predicted octanol–water partition coefficient (Wildman–Crippen LogP) is 3.70. The summed E-state index contributed by atoms with van der Waals surface area (Å²) in [5.74, 6) is 2.92. The molecule has 1 aliphatic carbocycles. The van der Waals surface area contributed by atoms with Crippen LogP contribution in [0.3, 0.4) is 0 Å². The van der Waals surface area contributed by atoms with Crippen molar-refractivity contribution in [3.63, 3.8) is 0 Å². The summed E-state index contributed by atoms with van der Waals surface area (Å²) in [6.07, 6.45) is 4.54. The Kier molecular flexibility index (Phi) is 4.39. The smallest absolute Gasteiger partial charge is 0.134 e. The fourth-order valence-electron chi connectivity index (χ4n) is 2.46. The fourth-order valence-corrected chi connectivity index (χ4v) is 3.12. The molecule has 4 nitrogen and oxygen atoms in total. The van der Waals surface area contributed by atoms with E-state index in [4.69, 9.17) is 4.98 Å². The minimum absolute atomic E-state index is 0.638. The van der Waals surface area contributed by atoms with Gasteiger partial charge in [0.1, 0.15) is 17.5 Å². The van der Waals surface area contributed by atoms with Crippen molar-refractivity contribution in [2.45, 2.75) is 45.2 Å². The van der Waals surface area contributed by atoms with E-state index in [1.807, 2.05) is 7.05 Å².